The van der Waals surface area contributed by atoms with Gasteiger partial charge in [-0.05, 0) is 171 Å². The Morgan fingerprint density at radius 1 is 0.389 bits per heavy atom. The first-order valence-corrected chi connectivity index (χ1v) is 34.5. The molecular weight excluding hydrogens is 1220 g/mol. The van der Waals surface area contributed by atoms with E-state index in [0.29, 0.717) is 102 Å². The number of unbranched alkanes of at least 4 members (excludes halogenated alkanes) is 5. The van der Waals surface area contributed by atoms with Crippen molar-refractivity contribution in [3.63, 3.8) is 0 Å². The first kappa shape index (κ1) is 86.2. The number of carbonyl (C=O) groups excluding carboxylic acids is 11. The summed E-state index contributed by atoms with van der Waals surface area (Å²) in [7, 11) is 0. The Bertz CT molecular complexity index is 2470. The van der Waals surface area contributed by atoms with Crippen molar-refractivity contribution < 1.29 is 52.7 Å². The number of rotatable bonds is 52. The third-order valence-corrected chi connectivity index (χ3v) is 16.3. The van der Waals surface area contributed by atoms with Crippen molar-refractivity contribution in [1.29, 1.82) is 0 Å². The highest BCUT2D eigenvalue weighted by Gasteiger charge is 2.38. The molecule has 0 unspecified atom stereocenters. The van der Waals surface area contributed by atoms with Gasteiger partial charge in [0, 0.05) is 18.3 Å². The smallest absolute Gasteiger partial charge is 0.243 e. The summed E-state index contributed by atoms with van der Waals surface area (Å²) in [5.74, 6) is -8.93. The van der Waals surface area contributed by atoms with Crippen molar-refractivity contribution >= 4 is 65.0 Å². The molecule has 30 heteroatoms. The van der Waals surface area contributed by atoms with Crippen LogP contribution in [0.1, 0.15) is 197 Å². The number of carbonyl (C=O) groups is 11. The number of nitrogens with one attached hydrogen (secondary N) is 11. The fraction of sp³-hybridized carbons (Fsp3) is 0.785. The molecule has 0 aliphatic carbocycles. The number of aromatic amines is 1. The van der Waals surface area contributed by atoms with E-state index >= 15 is 0 Å². The van der Waals surface area contributed by atoms with E-state index in [4.69, 9.17) is 40.1 Å². The van der Waals surface area contributed by atoms with Crippen LogP contribution in [0, 0.1) is 29.6 Å². The number of nitrogens with zero attached hydrogens (tertiary/aromatic N) is 1. The molecule has 1 aromatic rings. The third-order valence-electron chi connectivity index (χ3n) is 16.3. The second-order valence-corrected chi connectivity index (χ2v) is 26.7. The Labute approximate surface area is 563 Å². The Hall–Kier alpha value is -6.86. The highest BCUT2D eigenvalue weighted by molar-refractivity contribution is 5.99. The Balaban J connectivity index is 3.68. The van der Waals surface area contributed by atoms with E-state index in [2.05, 4.69) is 63.1 Å². The molecule has 0 aliphatic heterocycles. The van der Waals surface area contributed by atoms with Crippen LogP contribution in [0.15, 0.2) is 12.5 Å². The fourth-order valence-electron chi connectivity index (χ4n) is 10.5. The molecule has 0 radical (unpaired) electrons. The van der Waals surface area contributed by atoms with Crippen molar-refractivity contribution in [2.45, 2.75) is 264 Å². The topological polar surface area (TPSA) is 519 Å². The van der Waals surface area contributed by atoms with Crippen LogP contribution in [0.4, 0.5) is 0 Å². The molecule has 0 bridgehead atoms. The van der Waals surface area contributed by atoms with Crippen molar-refractivity contribution in [3.8, 4) is 0 Å². The van der Waals surface area contributed by atoms with Crippen molar-refractivity contribution in [2.75, 3.05) is 32.7 Å². The molecule has 0 aliphatic rings. The van der Waals surface area contributed by atoms with E-state index in [1.807, 2.05) is 48.5 Å². The zero-order valence-corrected chi connectivity index (χ0v) is 58.5. The maximum atomic E-state index is 14.7. The van der Waals surface area contributed by atoms with Crippen molar-refractivity contribution in [1.82, 2.24) is 63.1 Å². The number of hydrogen-bond donors (Lipinski definition) is 18. The molecular formula is C65H123N19O11. The van der Waals surface area contributed by atoms with Gasteiger partial charge in [0.2, 0.25) is 65.0 Å². The number of hydrogen-bond acceptors (Lipinski definition) is 18. The summed E-state index contributed by atoms with van der Waals surface area (Å²) in [4.78, 5) is 162. The molecule has 0 saturated heterocycles. The van der Waals surface area contributed by atoms with Gasteiger partial charge in [-0.25, -0.2) is 4.98 Å². The lowest BCUT2D eigenvalue weighted by atomic mass is 9.95. The van der Waals surface area contributed by atoms with Crippen LogP contribution < -0.4 is 93.3 Å². The summed E-state index contributed by atoms with van der Waals surface area (Å²) in [6, 6.07) is -12.9. The van der Waals surface area contributed by atoms with E-state index in [0.717, 1.165) is 0 Å². The van der Waals surface area contributed by atoms with E-state index in [-0.39, 0.29) is 82.2 Å². The summed E-state index contributed by atoms with van der Waals surface area (Å²) >= 11 is 0. The molecule has 544 valence electrons. The van der Waals surface area contributed by atoms with Gasteiger partial charge in [-0.2, -0.15) is 0 Å². The quantitative estimate of drug-likeness (QED) is 0.0351. The predicted octanol–water partition coefficient (Wildman–Crippen LogP) is -0.902. The van der Waals surface area contributed by atoms with Gasteiger partial charge < -0.3 is 98.3 Å². The summed E-state index contributed by atoms with van der Waals surface area (Å²) in [5.41, 5.74) is 41.2. The minimum atomic E-state index is -1.36. The van der Waals surface area contributed by atoms with Crippen LogP contribution in [0.3, 0.4) is 0 Å². The van der Waals surface area contributed by atoms with Crippen LogP contribution in [0.5, 0.6) is 0 Å². The lowest BCUT2D eigenvalue weighted by Gasteiger charge is -2.30. The van der Waals surface area contributed by atoms with Crippen LogP contribution >= 0.6 is 0 Å². The molecule has 1 heterocycles. The average Bonchev–Trinajstić information content (AvgIpc) is 1.56. The number of aromatic nitrogens is 2. The second kappa shape index (κ2) is 47.9. The molecule has 25 N–H and O–H groups in total. The van der Waals surface area contributed by atoms with Gasteiger partial charge in [-0.3, -0.25) is 52.7 Å². The van der Waals surface area contributed by atoms with Gasteiger partial charge >= 0.3 is 0 Å². The first-order chi connectivity index (χ1) is 45.0. The molecule has 11 amide bonds. The number of H-pyrrole nitrogens is 1. The van der Waals surface area contributed by atoms with E-state index in [1.165, 1.54) is 12.5 Å². The monoisotopic (exact) mass is 1350 g/mol. The maximum absolute atomic E-state index is 14.7. The molecule has 1 rings (SSSR count). The van der Waals surface area contributed by atoms with E-state index in [9.17, 15) is 52.7 Å². The Kier molecular flexibility index (Phi) is 43.5. The van der Waals surface area contributed by atoms with E-state index < -0.39 is 143 Å². The fourth-order valence-corrected chi connectivity index (χ4v) is 10.5. The molecule has 0 aromatic carbocycles. The molecule has 30 nitrogen and oxygen atoms in total. The highest BCUT2D eigenvalue weighted by Crippen LogP contribution is 2.17. The molecule has 0 spiro atoms. The molecule has 0 saturated carbocycles. The predicted molar refractivity (Wildman–Crippen MR) is 366 cm³/mol. The molecule has 1 aromatic heterocycles. The van der Waals surface area contributed by atoms with Crippen LogP contribution in [0.25, 0.3) is 0 Å². The van der Waals surface area contributed by atoms with Crippen LogP contribution in [0.2, 0.25) is 0 Å². The summed E-state index contributed by atoms with van der Waals surface area (Å²) < 4.78 is 0. The molecule has 0 fully saturated rings. The molecule has 12 atom stereocenters. The zero-order chi connectivity index (χ0) is 71.7. The van der Waals surface area contributed by atoms with Crippen molar-refractivity contribution in [3.05, 3.63) is 18.2 Å². The SMILES string of the molecule is CC[C@H](C)[C@H](NC(=O)[C@H](CCCCN)NC(=O)[C@H](CCCCN)NC(=O)[C@H](Cc1cnc[nH]1)NC(=O)[C@H](CC(C)C)NC(=O)[C@H](CCCCN)NC(=O)[C@@H](N)CCCCN)C(=O)N[C@@H](CC(C)C)C(=O)N[C@@H](CCCCN)C(=O)N[C@H](C(=O)N[C@@H](CC(C)C)C(N)=O)C(C)C. The van der Waals surface area contributed by atoms with Gasteiger partial charge in [0.1, 0.15) is 60.4 Å². The normalized spacial score (nSPS) is 15.3. The number of nitrogens with two attached hydrogens (primary N) is 7. The van der Waals surface area contributed by atoms with Gasteiger partial charge in [0.25, 0.3) is 0 Å². The lowest BCUT2D eigenvalue weighted by Crippen LogP contribution is -2.62. The maximum Gasteiger partial charge on any atom is 0.243 e. The molecule has 95 heavy (non-hydrogen) atoms. The summed E-state index contributed by atoms with van der Waals surface area (Å²) in [5, 5.41) is 27.9. The minimum absolute atomic E-state index is 0.0172. The third kappa shape index (κ3) is 34.6. The van der Waals surface area contributed by atoms with Crippen LogP contribution in [-0.2, 0) is 59.2 Å². The van der Waals surface area contributed by atoms with Gasteiger partial charge in [0.15, 0.2) is 0 Å². The Morgan fingerprint density at radius 3 is 1.05 bits per heavy atom. The lowest BCUT2D eigenvalue weighted by molar-refractivity contribution is -0.137. The Morgan fingerprint density at radius 2 is 0.695 bits per heavy atom. The van der Waals surface area contributed by atoms with Gasteiger partial charge in [-0.1, -0.05) is 82.1 Å². The summed E-state index contributed by atoms with van der Waals surface area (Å²) in [6.45, 7) is 19.7. The number of amides is 11. The number of imidazole rings is 1. The van der Waals surface area contributed by atoms with Crippen LogP contribution in [-0.4, -0.2) is 174 Å². The highest BCUT2D eigenvalue weighted by atomic mass is 16.2. The first-order valence-electron chi connectivity index (χ1n) is 34.5. The second-order valence-electron chi connectivity index (χ2n) is 26.7. The largest absolute Gasteiger partial charge is 0.368 e. The number of primary amides is 1. The standard InChI is InChI=1S/C65H123N19O11/c1-11-42(10)54(65(95)82-51(34-40(6)7)61(91)78-47(25-15-20-30-69)59(89)83-53(41(8)9)64(94)79-49(55(72)85)32-38(2)3)84-60(90)48(26-16-21-31-70)76-57(87)46(24-14-19-29-68)77-63(93)52(35-43-36-73-37-74-43)81-62(92)50(33-39(4)5)80-58(88)45(23-13-18-28-67)75-56(86)44(71)22-12-17-27-66/h36-42,44-54H,11-35,66-71H2,1-10H3,(H2,72,85)(H,73,74)(H,75,86)(H,76,87)(H,77,93)(H,78,91)(H,79,94)(H,80,88)(H,81,92)(H,82,95)(H,83,89)(H,84,90)/t42-,44-,45-,46-,47-,48-,49-,50-,51-,52-,53-,54-/m0/s1. The average molecular weight is 1350 g/mol. The zero-order valence-electron chi connectivity index (χ0n) is 58.5. The minimum Gasteiger partial charge on any atom is -0.368 e. The van der Waals surface area contributed by atoms with Gasteiger partial charge in [0.05, 0.1) is 12.4 Å². The van der Waals surface area contributed by atoms with E-state index in [1.54, 1.807) is 20.8 Å². The summed E-state index contributed by atoms with van der Waals surface area (Å²) in [6.07, 6.45) is 9.29. The van der Waals surface area contributed by atoms with Crippen molar-refractivity contribution in [2.24, 2.45) is 69.7 Å². The van der Waals surface area contributed by atoms with Gasteiger partial charge in [-0.15, -0.1) is 0 Å².